The number of nitrogens with two attached hydrogens (primary N) is 1. The molecule has 2 fully saturated rings. The van der Waals surface area contributed by atoms with Crippen LogP contribution in [0.15, 0.2) is 67.8 Å². The van der Waals surface area contributed by atoms with Gasteiger partial charge in [0.1, 0.15) is 5.72 Å². The first-order valence-corrected chi connectivity index (χ1v) is 15.7. The third-order valence-corrected chi connectivity index (χ3v) is 9.29. The molecular formula is C36H55N5O3. The van der Waals surface area contributed by atoms with Crippen molar-refractivity contribution >= 4 is 11.8 Å². The van der Waals surface area contributed by atoms with Gasteiger partial charge in [-0.2, -0.15) is 0 Å². The zero-order valence-corrected chi connectivity index (χ0v) is 28.2. The van der Waals surface area contributed by atoms with Crippen LogP contribution in [0.2, 0.25) is 0 Å². The van der Waals surface area contributed by atoms with Crippen LogP contribution in [0.3, 0.4) is 0 Å². The Kier molecular flexibility index (Phi) is 10.9. The largest absolute Gasteiger partial charge is 0.376 e. The number of nitrogens with zero attached hydrogens (tertiary/aromatic N) is 3. The zero-order valence-electron chi connectivity index (χ0n) is 28.2. The van der Waals surface area contributed by atoms with Crippen LogP contribution in [0.5, 0.6) is 0 Å². The van der Waals surface area contributed by atoms with Crippen molar-refractivity contribution in [3.8, 4) is 0 Å². The highest BCUT2D eigenvalue weighted by atomic mass is 16.3. The van der Waals surface area contributed by atoms with E-state index in [1.54, 1.807) is 43.3 Å². The normalized spacial score (nSPS) is 24.9. The van der Waals surface area contributed by atoms with E-state index in [-0.39, 0.29) is 40.5 Å². The second-order valence-corrected chi connectivity index (χ2v) is 14.7. The highest BCUT2D eigenvalue weighted by Crippen LogP contribution is 2.40. The van der Waals surface area contributed by atoms with Gasteiger partial charge in [-0.05, 0) is 98.9 Å². The average molecular weight is 606 g/mol. The summed E-state index contributed by atoms with van der Waals surface area (Å²) >= 11 is 0. The van der Waals surface area contributed by atoms with Gasteiger partial charge in [0.05, 0.1) is 6.04 Å². The predicted molar refractivity (Wildman–Crippen MR) is 179 cm³/mol. The van der Waals surface area contributed by atoms with E-state index in [9.17, 15) is 14.7 Å². The summed E-state index contributed by atoms with van der Waals surface area (Å²) in [6.45, 7) is 25.7. The second kappa shape index (κ2) is 13.5. The van der Waals surface area contributed by atoms with Gasteiger partial charge < -0.3 is 10.4 Å². The van der Waals surface area contributed by atoms with Gasteiger partial charge in [0.25, 0.3) is 11.8 Å². The topological polar surface area (TPSA) is 102 Å². The first kappa shape index (κ1) is 35.4. The minimum Gasteiger partial charge on any atom is -0.376 e. The number of aryl methyl sites for hydroxylation is 1. The Morgan fingerprint density at radius 3 is 1.95 bits per heavy atom. The van der Waals surface area contributed by atoms with Gasteiger partial charge in [-0.3, -0.25) is 24.4 Å². The summed E-state index contributed by atoms with van der Waals surface area (Å²) in [5.41, 5.74) is 0.0570. The third kappa shape index (κ3) is 8.16. The molecule has 2 amide bonds. The van der Waals surface area contributed by atoms with E-state index in [4.69, 9.17) is 5.84 Å². The summed E-state index contributed by atoms with van der Waals surface area (Å²) in [7, 11) is 0. The lowest BCUT2D eigenvalue weighted by molar-refractivity contribution is -0.168. The van der Waals surface area contributed by atoms with E-state index in [0.29, 0.717) is 30.5 Å². The Hall–Kier alpha value is -3.04. The van der Waals surface area contributed by atoms with E-state index in [1.165, 1.54) is 5.01 Å². The highest BCUT2D eigenvalue weighted by molar-refractivity contribution is 5.95. The molecule has 0 aliphatic carbocycles. The fourth-order valence-electron chi connectivity index (χ4n) is 7.58. The number of piperidine rings is 2. The van der Waals surface area contributed by atoms with Crippen LogP contribution in [-0.2, 0) is 0 Å². The molecule has 1 aromatic carbocycles. The number of nitrogens with one attached hydrogen (secondary N) is 1. The molecule has 0 spiro atoms. The smallest absolute Gasteiger partial charge is 0.268 e. The number of carbonyl (C=O) groups excluding carboxylic acids is 2. The molecule has 3 rings (SSSR count). The van der Waals surface area contributed by atoms with E-state index >= 15 is 0 Å². The molecule has 8 nitrogen and oxygen atoms in total. The van der Waals surface area contributed by atoms with Crippen LogP contribution in [0.4, 0.5) is 0 Å². The van der Waals surface area contributed by atoms with E-state index < -0.39 is 5.72 Å². The zero-order chi connectivity index (χ0) is 33.1. The first-order valence-electron chi connectivity index (χ1n) is 15.7. The van der Waals surface area contributed by atoms with Gasteiger partial charge in [0.2, 0.25) is 0 Å². The molecule has 8 heteroatoms. The maximum atomic E-state index is 13.7. The maximum absolute atomic E-state index is 13.7. The lowest BCUT2D eigenvalue weighted by atomic mass is 9.76. The lowest BCUT2D eigenvalue weighted by Gasteiger charge is -2.56. The van der Waals surface area contributed by atoms with Gasteiger partial charge >= 0.3 is 0 Å². The van der Waals surface area contributed by atoms with Crippen molar-refractivity contribution in [2.24, 2.45) is 5.84 Å². The van der Waals surface area contributed by atoms with Crippen LogP contribution in [0.25, 0.3) is 0 Å². The Morgan fingerprint density at radius 1 is 0.886 bits per heavy atom. The molecule has 0 saturated carbocycles. The standard InChI is InChI=1S/C36H55N5O3/c1-11-19-39-34(6,7)24-30(25-35(39,8)9)41(37)32(43)28-16-14-13-15-27(18-17-26(3)21-28)31(42)38-29-22-33(4,5)40(20-12-2)36(10,44)23-29/h11-18,21,29-30,44H,1-2,19-20,22-25,37H2,3-10H3,(H,38,42). The molecule has 1 aromatic rings. The SMILES string of the molecule is C=CCN1C(C)(C)CC(N(N)C(=O)c2ccccc(C(=O)NC3CC(C)(C)N(CC=C)C(C)(O)C3)ccc(C)c2)CC1(C)C. The summed E-state index contributed by atoms with van der Waals surface area (Å²) in [5, 5.41) is 15.7. The number of hydrazine groups is 1. The van der Waals surface area contributed by atoms with Gasteiger partial charge in [-0.25, -0.2) is 5.84 Å². The van der Waals surface area contributed by atoms with Gasteiger partial charge in [0.15, 0.2) is 0 Å². The molecule has 2 aliphatic heterocycles. The molecule has 2 atom stereocenters. The lowest BCUT2D eigenvalue weighted by Crippen LogP contribution is -2.65. The molecule has 44 heavy (non-hydrogen) atoms. The van der Waals surface area contributed by atoms with Crippen molar-refractivity contribution < 1.29 is 14.7 Å². The molecule has 2 unspecified atom stereocenters. The fourth-order valence-corrected chi connectivity index (χ4v) is 7.58. The minimum absolute atomic E-state index is 0.123. The van der Waals surface area contributed by atoms with Crippen molar-refractivity contribution in [2.75, 3.05) is 13.1 Å². The molecule has 2 saturated heterocycles. The Morgan fingerprint density at radius 2 is 1.41 bits per heavy atom. The van der Waals surface area contributed by atoms with Gasteiger partial charge in [-0.1, -0.05) is 35.9 Å². The molecule has 0 radical (unpaired) electrons. The summed E-state index contributed by atoms with van der Waals surface area (Å²) in [6, 6.07) is 12.1. The van der Waals surface area contributed by atoms with Crippen LogP contribution >= 0.6 is 0 Å². The van der Waals surface area contributed by atoms with Crippen molar-refractivity contribution in [3.63, 3.8) is 0 Å². The van der Waals surface area contributed by atoms with Gasteiger partial charge in [0, 0.05) is 53.3 Å². The number of likely N-dealkylation sites (tertiary alicyclic amines) is 2. The fraction of sp³-hybridized carbons (Fsp3) is 0.556. The van der Waals surface area contributed by atoms with Crippen LogP contribution in [0.1, 0.15) is 100 Å². The number of carbonyl (C=O) groups is 2. The van der Waals surface area contributed by atoms with Crippen molar-refractivity contribution in [3.05, 3.63) is 84.5 Å². The van der Waals surface area contributed by atoms with E-state index in [0.717, 1.165) is 24.9 Å². The monoisotopic (exact) mass is 605 g/mol. The van der Waals surface area contributed by atoms with Crippen LogP contribution in [0, 0.1) is 6.92 Å². The third-order valence-electron chi connectivity index (χ3n) is 9.29. The number of aliphatic hydroxyl groups is 1. The predicted octanol–water partition coefficient (Wildman–Crippen LogP) is 5.51. The molecular weight excluding hydrogens is 550 g/mol. The van der Waals surface area contributed by atoms with Crippen LogP contribution < -0.4 is 11.2 Å². The second-order valence-electron chi connectivity index (χ2n) is 14.7. The Labute approximate surface area is 265 Å². The summed E-state index contributed by atoms with van der Waals surface area (Å²) in [6.07, 6.45) is 6.32. The molecule has 0 aromatic heterocycles. The highest BCUT2D eigenvalue weighted by Gasteiger charge is 2.48. The number of hydrogen-bond acceptors (Lipinski definition) is 6. The maximum Gasteiger partial charge on any atom is 0.268 e. The summed E-state index contributed by atoms with van der Waals surface area (Å²) in [4.78, 5) is 31.5. The Balaban J connectivity index is 1.80. The number of hydrogen-bond donors (Lipinski definition) is 3. The molecule has 2 aliphatic rings. The quantitative estimate of drug-likeness (QED) is 0.156. The summed E-state index contributed by atoms with van der Waals surface area (Å²) in [5.74, 6) is 6.09. The average Bonchev–Trinajstić information content (AvgIpc) is 2.89. The van der Waals surface area contributed by atoms with Crippen LogP contribution in [-0.4, -0.2) is 79.2 Å². The number of amides is 2. The summed E-state index contributed by atoms with van der Waals surface area (Å²) < 4.78 is 0. The minimum atomic E-state index is -1.08. The molecule has 2 heterocycles. The molecule has 4 N–H and O–H groups in total. The van der Waals surface area contributed by atoms with Crippen molar-refractivity contribution in [1.29, 1.82) is 0 Å². The van der Waals surface area contributed by atoms with E-state index in [2.05, 4.69) is 64.9 Å². The van der Waals surface area contributed by atoms with Crippen molar-refractivity contribution in [2.45, 2.75) is 115 Å². The van der Waals surface area contributed by atoms with E-state index in [1.807, 2.05) is 30.0 Å². The molecule has 242 valence electrons. The Bertz CT molecular complexity index is 1260. The molecule has 0 bridgehead atoms. The number of rotatable bonds is 8. The first-order chi connectivity index (χ1) is 20.3. The van der Waals surface area contributed by atoms with Gasteiger partial charge in [-0.15, -0.1) is 13.2 Å². The van der Waals surface area contributed by atoms with Crippen molar-refractivity contribution in [1.82, 2.24) is 20.1 Å².